The van der Waals surface area contributed by atoms with Gasteiger partial charge in [0.25, 0.3) is 0 Å². The van der Waals surface area contributed by atoms with E-state index in [1.807, 2.05) is 52.0 Å². The Hall–Kier alpha value is -2.65. The van der Waals surface area contributed by atoms with Gasteiger partial charge in [-0.25, -0.2) is 0 Å². The molecule has 1 spiro atoms. The van der Waals surface area contributed by atoms with Gasteiger partial charge in [0.05, 0.1) is 30.1 Å². The fourth-order valence-corrected chi connectivity index (χ4v) is 7.44. The minimum absolute atomic E-state index is 0.0440. The summed E-state index contributed by atoms with van der Waals surface area (Å²) in [6, 6.07) is 6.21. The van der Waals surface area contributed by atoms with E-state index >= 15 is 0 Å². The zero-order chi connectivity index (χ0) is 29.2. The lowest BCUT2D eigenvalue weighted by molar-refractivity contribution is -0.150. The average molecular weight is 557 g/mol. The summed E-state index contributed by atoms with van der Waals surface area (Å²) in [6.45, 7) is 14.2. The van der Waals surface area contributed by atoms with Gasteiger partial charge < -0.3 is 30.3 Å². The number of nitrogens with one attached hydrogen (secondary N) is 2. The minimum Gasteiger partial charge on any atom is -0.394 e. The normalized spacial score (nSPS) is 30.2. The molecule has 0 aliphatic carbocycles. The predicted octanol–water partition coefficient (Wildman–Crippen LogP) is 3.56. The second-order valence-corrected chi connectivity index (χ2v) is 11.7. The molecule has 2 bridgehead atoms. The molecule has 3 amide bonds. The summed E-state index contributed by atoms with van der Waals surface area (Å²) in [4.78, 5) is 45.9. The van der Waals surface area contributed by atoms with Crippen molar-refractivity contribution in [3.63, 3.8) is 0 Å². The smallest absolute Gasteiger partial charge is 0.250 e. The molecule has 40 heavy (non-hydrogen) atoms. The Morgan fingerprint density at radius 3 is 2.33 bits per heavy atom. The van der Waals surface area contributed by atoms with Gasteiger partial charge in [0.2, 0.25) is 17.7 Å². The van der Waals surface area contributed by atoms with Crippen LogP contribution in [0.4, 0.5) is 11.4 Å². The molecule has 9 nitrogen and oxygen atoms in total. The molecule has 3 aliphatic rings. The van der Waals surface area contributed by atoms with Crippen molar-refractivity contribution in [2.24, 2.45) is 17.8 Å². The molecule has 4 rings (SSSR count). The van der Waals surface area contributed by atoms with Crippen LogP contribution in [-0.2, 0) is 19.1 Å². The summed E-state index contributed by atoms with van der Waals surface area (Å²) < 4.78 is 6.82. The third-order valence-corrected chi connectivity index (χ3v) is 9.81. The number of likely N-dealkylation sites (tertiary alicyclic amines) is 1. The van der Waals surface area contributed by atoms with Gasteiger partial charge in [-0.2, -0.15) is 0 Å². The minimum atomic E-state index is -1.12. The topological polar surface area (TPSA) is 111 Å². The highest BCUT2D eigenvalue weighted by atomic mass is 16.5. The van der Waals surface area contributed by atoms with Crippen LogP contribution in [-0.4, -0.2) is 77.3 Å². The number of ether oxygens (including phenoxy) is 1. The number of aliphatic hydroxyl groups excluding tert-OH is 1. The number of anilines is 2. The summed E-state index contributed by atoms with van der Waals surface area (Å²) in [7, 11) is 0. The molecule has 2 unspecified atom stereocenters. The van der Waals surface area contributed by atoms with Gasteiger partial charge in [-0.15, -0.1) is 0 Å². The Morgan fingerprint density at radius 1 is 1.10 bits per heavy atom. The van der Waals surface area contributed by atoms with E-state index in [9.17, 15) is 19.5 Å². The molecule has 3 N–H and O–H groups in total. The maximum absolute atomic E-state index is 14.4. The number of hydrogen-bond acceptors (Lipinski definition) is 6. The van der Waals surface area contributed by atoms with E-state index in [4.69, 9.17) is 4.74 Å². The second kappa shape index (κ2) is 12.1. The number of hydrogen-bond donors (Lipinski definition) is 3. The molecule has 0 saturated carbocycles. The third kappa shape index (κ3) is 4.79. The van der Waals surface area contributed by atoms with Gasteiger partial charge in [-0.05, 0) is 69.7 Å². The largest absolute Gasteiger partial charge is 0.394 e. The van der Waals surface area contributed by atoms with Crippen LogP contribution in [0.3, 0.4) is 0 Å². The molecule has 1 aromatic carbocycles. The van der Waals surface area contributed by atoms with Crippen molar-refractivity contribution >= 4 is 29.1 Å². The molecule has 0 radical (unpaired) electrons. The second-order valence-electron chi connectivity index (χ2n) is 11.7. The molecule has 3 saturated heterocycles. The highest BCUT2D eigenvalue weighted by Gasteiger charge is 2.79. The van der Waals surface area contributed by atoms with E-state index in [1.54, 1.807) is 4.90 Å². The van der Waals surface area contributed by atoms with Crippen LogP contribution >= 0.6 is 0 Å². The number of amides is 3. The Kier molecular flexibility index (Phi) is 9.15. The number of aliphatic hydroxyl groups is 1. The third-order valence-electron chi connectivity index (χ3n) is 9.81. The monoisotopic (exact) mass is 556 g/mol. The first-order chi connectivity index (χ1) is 19.2. The summed E-state index contributed by atoms with van der Waals surface area (Å²) in [5.74, 6) is -2.26. The fourth-order valence-electron chi connectivity index (χ4n) is 7.44. The number of carbonyl (C=O) groups excluding carboxylic acids is 3. The standard InChI is InChI=1S/C31H48N4O5/c1-7-18-32-27(37)24-25-29(39)35(23(19-36)20(6)8-2)26(31(25)17-16-30(24,9-3)40-31)28(38)33-21-12-14-22(15-13-21)34(10-4)11-5/h12-15,20,23-26,36H,7-11,16-19H2,1-6H3,(H,32,37)(H,33,38)/t20-,23-,24-,25-,26?,30+,31?/m0/s1. The van der Waals surface area contributed by atoms with E-state index in [-0.39, 0.29) is 30.2 Å². The SMILES string of the molecule is CCCNC(=O)[C@@H]1[C@H]2C(=O)N([C@@H](CO)[C@@H](C)CC)C(C(=O)Nc3ccc(N(CC)CC)cc3)C23CC[C@@]1(CC)O3. The van der Waals surface area contributed by atoms with Crippen LogP contribution in [0.2, 0.25) is 0 Å². The van der Waals surface area contributed by atoms with Crippen LogP contribution in [0.25, 0.3) is 0 Å². The van der Waals surface area contributed by atoms with Gasteiger partial charge in [0.1, 0.15) is 11.6 Å². The summed E-state index contributed by atoms with van der Waals surface area (Å²) in [5.41, 5.74) is -0.195. The maximum atomic E-state index is 14.4. The van der Waals surface area contributed by atoms with E-state index in [0.29, 0.717) is 31.5 Å². The van der Waals surface area contributed by atoms with Crippen LogP contribution in [0.1, 0.15) is 73.6 Å². The fraction of sp³-hybridized carbons (Fsp3) is 0.710. The van der Waals surface area contributed by atoms with E-state index in [1.165, 1.54) is 0 Å². The first-order valence-electron chi connectivity index (χ1n) is 15.2. The van der Waals surface area contributed by atoms with Crippen LogP contribution in [0.5, 0.6) is 0 Å². The highest BCUT2D eigenvalue weighted by Crippen LogP contribution is 2.64. The van der Waals surface area contributed by atoms with E-state index in [0.717, 1.165) is 31.6 Å². The first-order valence-corrected chi connectivity index (χ1v) is 15.2. The molecule has 3 aliphatic heterocycles. The lowest BCUT2D eigenvalue weighted by atomic mass is 9.65. The quantitative estimate of drug-likeness (QED) is 0.343. The summed E-state index contributed by atoms with van der Waals surface area (Å²) in [5, 5.41) is 16.6. The predicted molar refractivity (Wildman–Crippen MR) is 156 cm³/mol. The molecule has 222 valence electrons. The zero-order valence-electron chi connectivity index (χ0n) is 25.0. The molecule has 3 heterocycles. The number of fused-ring (bicyclic) bond motifs is 1. The number of benzene rings is 1. The highest BCUT2D eigenvalue weighted by molar-refractivity contribution is 6.04. The molecule has 7 atom stereocenters. The van der Waals surface area contributed by atoms with Crippen molar-refractivity contribution < 1.29 is 24.2 Å². The lowest BCUT2D eigenvalue weighted by Crippen LogP contribution is -2.57. The van der Waals surface area contributed by atoms with Crippen LogP contribution < -0.4 is 15.5 Å². The molecular formula is C31H48N4O5. The van der Waals surface area contributed by atoms with E-state index < -0.39 is 35.1 Å². The lowest BCUT2D eigenvalue weighted by Gasteiger charge is -2.39. The van der Waals surface area contributed by atoms with Crippen molar-refractivity contribution in [3.05, 3.63) is 24.3 Å². The van der Waals surface area contributed by atoms with Gasteiger partial charge in [-0.1, -0.05) is 34.1 Å². The molecular weight excluding hydrogens is 508 g/mol. The molecule has 3 fully saturated rings. The van der Waals surface area contributed by atoms with Crippen molar-refractivity contribution in [3.8, 4) is 0 Å². The van der Waals surface area contributed by atoms with E-state index in [2.05, 4.69) is 29.4 Å². The Balaban J connectivity index is 1.74. The molecule has 9 heteroatoms. The van der Waals surface area contributed by atoms with Gasteiger partial charge in [0, 0.05) is 31.0 Å². The van der Waals surface area contributed by atoms with Crippen molar-refractivity contribution in [1.29, 1.82) is 0 Å². The van der Waals surface area contributed by atoms with Crippen molar-refractivity contribution in [2.45, 2.75) is 96.9 Å². The Morgan fingerprint density at radius 2 is 1.77 bits per heavy atom. The van der Waals surface area contributed by atoms with Crippen LogP contribution in [0.15, 0.2) is 24.3 Å². The Bertz CT molecular complexity index is 1080. The number of carbonyl (C=O) groups is 3. The Labute approximate surface area is 239 Å². The van der Waals surface area contributed by atoms with Gasteiger partial charge >= 0.3 is 0 Å². The average Bonchev–Trinajstić information content (AvgIpc) is 3.57. The zero-order valence-corrected chi connectivity index (χ0v) is 25.0. The number of nitrogens with zero attached hydrogens (tertiary/aromatic N) is 2. The van der Waals surface area contributed by atoms with Gasteiger partial charge in [-0.3, -0.25) is 14.4 Å². The first kappa shape index (κ1) is 30.3. The molecule has 1 aromatic rings. The van der Waals surface area contributed by atoms with Crippen LogP contribution in [0, 0.1) is 17.8 Å². The van der Waals surface area contributed by atoms with Crippen molar-refractivity contribution in [2.75, 3.05) is 36.5 Å². The number of rotatable bonds is 13. The summed E-state index contributed by atoms with van der Waals surface area (Å²) >= 11 is 0. The maximum Gasteiger partial charge on any atom is 0.250 e. The van der Waals surface area contributed by atoms with Crippen molar-refractivity contribution in [1.82, 2.24) is 10.2 Å². The van der Waals surface area contributed by atoms with Gasteiger partial charge in [0.15, 0.2) is 0 Å². The molecule has 0 aromatic heterocycles. The summed E-state index contributed by atoms with van der Waals surface area (Å²) in [6.07, 6.45) is 3.23.